The number of amides is 2. The summed E-state index contributed by atoms with van der Waals surface area (Å²) in [4.78, 5) is 23.9. The number of nitrogens with one attached hydrogen (secondary N) is 3. The molecule has 142 valence electrons. The second kappa shape index (κ2) is 10.3. The second-order valence-corrected chi connectivity index (χ2v) is 6.14. The number of rotatable bonds is 7. The van der Waals surface area contributed by atoms with Crippen molar-refractivity contribution in [3.05, 3.63) is 54.1 Å². The first-order valence-electron chi connectivity index (χ1n) is 8.77. The molecular weight excluding hydrogens is 362 g/mol. The predicted molar refractivity (Wildman–Crippen MR) is 111 cm³/mol. The first kappa shape index (κ1) is 20.4. The normalized spacial score (nSPS) is 10.0. The van der Waals surface area contributed by atoms with Crippen LogP contribution in [0.1, 0.15) is 37.0 Å². The molecule has 2 rings (SSSR count). The predicted octanol–water partition coefficient (Wildman–Crippen LogP) is 3.95. The maximum Gasteiger partial charge on any atom is 0.261 e. The van der Waals surface area contributed by atoms with Gasteiger partial charge in [0.15, 0.2) is 5.11 Å². The molecule has 3 N–H and O–H groups in total. The van der Waals surface area contributed by atoms with Crippen molar-refractivity contribution >= 4 is 40.5 Å². The SMILES string of the molecule is CCCOc1ccccc1C(=O)NC(=S)Nc1ccc(NC(=O)CC)cc1. The molecule has 0 atom stereocenters. The quantitative estimate of drug-likeness (QED) is 0.629. The molecule has 0 spiro atoms. The summed E-state index contributed by atoms with van der Waals surface area (Å²) in [5.74, 6) is 0.129. The van der Waals surface area contributed by atoms with Crippen molar-refractivity contribution in [1.82, 2.24) is 5.32 Å². The Morgan fingerprint density at radius 3 is 2.22 bits per heavy atom. The van der Waals surface area contributed by atoms with E-state index >= 15 is 0 Å². The molecule has 0 fully saturated rings. The molecular formula is C20H23N3O3S. The van der Waals surface area contributed by atoms with E-state index in [4.69, 9.17) is 17.0 Å². The zero-order chi connectivity index (χ0) is 19.6. The lowest BCUT2D eigenvalue weighted by Crippen LogP contribution is -2.34. The van der Waals surface area contributed by atoms with Crippen LogP contribution in [0.4, 0.5) is 11.4 Å². The Kier molecular flexibility index (Phi) is 7.76. The maximum absolute atomic E-state index is 12.5. The third kappa shape index (κ3) is 6.38. The number of carbonyl (C=O) groups excluding carboxylic acids is 2. The first-order chi connectivity index (χ1) is 13.0. The third-order valence-electron chi connectivity index (χ3n) is 3.57. The first-order valence-corrected chi connectivity index (χ1v) is 9.18. The average Bonchev–Trinajstić information content (AvgIpc) is 2.67. The highest BCUT2D eigenvalue weighted by atomic mass is 32.1. The lowest BCUT2D eigenvalue weighted by atomic mass is 10.2. The van der Waals surface area contributed by atoms with Gasteiger partial charge in [0, 0.05) is 17.8 Å². The fraction of sp³-hybridized carbons (Fsp3) is 0.250. The van der Waals surface area contributed by atoms with Crippen LogP contribution < -0.4 is 20.7 Å². The standard InChI is InChI=1S/C20H23N3O3S/c1-3-13-26-17-8-6-5-7-16(17)19(25)23-20(27)22-15-11-9-14(10-12-15)21-18(24)4-2/h5-12H,3-4,13H2,1-2H3,(H,21,24)(H2,22,23,25,27). The van der Waals surface area contributed by atoms with Gasteiger partial charge in [0.05, 0.1) is 12.2 Å². The minimum Gasteiger partial charge on any atom is -0.493 e. The molecule has 0 saturated carbocycles. The van der Waals surface area contributed by atoms with Crippen LogP contribution in [0.2, 0.25) is 0 Å². The molecule has 0 aliphatic rings. The summed E-state index contributed by atoms with van der Waals surface area (Å²) in [5, 5.41) is 8.54. The number of hydrogen-bond donors (Lipinski definition) is 3. The fourth-order valence-electron chi connectivity index (χ4n) is 2.21. The Morgan fingerprint density at radius 1 is 0.963 bits per heavy atom. The zero-order valence-electron chi connectivity index (χ0n) is 15.4. The average molecular weight is 385 g/mol. The van der Waals surface area contributed by atoms with Crippen molar-refractivity contribution in [2.75, 3.05) is 17.2 Å². The molecule has 0 aromatic heterocycles. The lowest BCUT2D eigenvalue weighted by Gasteiger charge is -2.13. The minimum atomic E-state index is -0.342. The highest BCUT2D eigenvalue weighted by molar-refractivity contribution is 7.80. The van der Waals surface area contributed by atoms with Crippen molar-refractivity contribution in [2.24, 2.45) is 0 Å². The molecule has 7 heteroatoms. The van der Waals surface area contributed by atoms with Gasteiger partial charge in [0.1, 0.15) is 5.75 Å². The van der Waals surface area contributed by atoms with Crippen LogP contribution >= 0.6 is 12.2 Å². The van der Waals surface area contributed by atoms with E-state index in [1.54, 1.807) is 49.4 Å². The Morgan fingerprint density at radius 2 is 1.59 bits per heavy atom. The Bertz CT molecular complexity index is 806. The summed E-state index contributed by atoms with van der Waals surface area (Å²) >= 11 is 5.21. The topological polar surface area (TPSA) is 79.5 Å². The van der Waals surface area contributed by atoms with E-state index in [0.29, 0.717) is 35.7 Å². The summed E-state index contributed by atoms with van der Waals surface area (Å²) in [5.41, 5.74) is 1.82. The van der Waals surface area contributed by atoms with E-state index in [2.05, 4.69) is 16.0 Å². The maximum atomic E-state index is 12.5. The minimum absolute atomic E-state index is 0.0533. The Balaban J connectivity index is 1.95. The molecule has 6 nitrogen and oxygen atoms in total. The van der Waals surface area contributed by atoms with Gasteiger partial charge >= 0.3 is 0 Å². The molecule has 0 unspecified atom stereocenters. The molecule has 0 heterocycles. The van der Waals surface area contributed by atoms with E-state index in [1.165, 1.54) is 0 Å². The number of carbonyl (C=O) groups is 2. The Labute approximate surface area is 164 Å². The van der Waals surface area contributed by atoms with Gasteiger partial charge in [-0.2, -0.15) is 0 Å². The summed E-state index contributed by atoms with van der Waals surface area (Å²) in [6.45, 7) is 4.33. The molecule has 27 heavy (non-hydrogen) atoms. The highest BCUT2D eigenvalue weighted by Gasteiger charge is 2.13. The van der Waals surface area contributed by atoms with Gasteiger partial charge in [-0.25, -0.2) is 0 Å². The van der Waals surface area contributed by atoms with Gasteiger partial charge in [0.25, 0.3) is 5.91 Å². The molecule has 0 radical (unpaired) electrons. The van der Waals surface area contributed by atoms with Gasteiger partial charge in [-0.3, -0.25) is 14.9 Å². The number of anilines is 2. The monoisotopic (exact) mass is 385 g/mol. The van der Waals surface area contributed by atoms with E-state index in [0.717, 1.165) is 6.42 Å². The van der Waals surface area contributed by atoms with Gasteiger partial charge in [-0.1, -0.05) is 26.0 Å². The zero-order valence-corrected chi connectivity index (χ0v) is 16.2. The van der Waals surface area contributed by atoms with Gasteiger partial charge < -0.3 is 15.4 Å². The highest BCUT2D eigenvalue weighted by Crippen LogP contribution is 2.18. The van der Waals surface area contributed by atoms with E-state index < -0.39 is 0 Å². The van der Waals surface area contributed by atoms with Gasteiger partial charge in [0.2, 0.25) is 5.91 Å². The van der Waals surface area contributed by atoms with Crippen molar-refractivity contribution in [1.29, 1.82) is 0 Å². The van der Waals surface area contributed by atoms with Crippen LogP contribution in [-0.2, 0) is 4.79 Å². The molecule has 0 aliphatic carbocycles. The van der Waals surface area contributed by atoms with Crippen molar-refractivity contribution in [3.8, 4) is 5.75 Å². The fourth-order valence-corrected chi connectivity index (χ4v) is 2.42. The number of hydrogen-bond acceptors (Lipinski definition) is 4. The van der Waals surface area contributed by atoms with Gasteiger partial charge in [-0.15, -0.1) is 0 Å². The summed E-state index contributed by atoms with van der Waals surface area (Å²) in [6.07, 6.45) is 1.27. The van der Waals surface area contributed by atoms with Crippen LogP contribution in [-0.4, -0.2) is 23.5 Å². The summed E-state index contributed by atoms with van der Waals surface area (Å²) < 4.78 is 5.60. The summed E-state index contributed by atoms with van der Waals surface area (Å²) in [7, 11) is 0. The van der Waals surface area contributed by atoms with E-state index in [-0.39, 0.29) is 16.9 Å². The van der Waals surface area contributed by atoms with Crippen LogP contribution in [0.15, 0.2) is 48.5 Å². The van der Waals surface area contributed by atoms with Gasteiger partial charge in [-0.05, 0) is 55.0 Å². The van der Waals surface area contributed by atoms with E-state index in [9.17, 15) is 9.59 Å². The second-order valence-electron chi connectivity index (χ2n) is 5.73. The number of para-hydroxylation sites is 1. The molecule has 0 aliphatic heterocycles. The molecule has 2 aromatic rings. The van der Waals surface area contributed by atoms with Crippen molar-refractivity contribution in [3.63, 3.8) is 0 Å². The summed E-state index contributed by atoms with van der Waals surface area (Å²) in [6, 6.07) is 14.1. The molecule has 2 aromatic carbocycles. The number of ether oxygens (including phenoxy) is 1. The Hall–Kier alpha value is -2.93. The smallest absolute Gasteiger partial charge is 0.261 e. The molecule has 2 amide bonds. The largest absolute Gasteiger partial charge is 0.493 e. The van der Waals surface area contributed by atoms with Crippen LogP contribution in [0.3, 0.4) is 0 Å². The molecule has 0 bridgehead atoms. The van der Waals surface area contributed by atoms with Crippen molar-refractivity contribution < 1.29 is 14.3 Å². The van der Waals surface area contributed by atoms with Crippen molar-refractivity contribution in [2.45, 2.75) is 26.7 Å². The lowest BCUT2D eigenvalue weighted by molar-refractivity contribution is -0.115. The van der Waals surface area contributed by atoms with Crippen LogP contribution in [0.25, 0.3) is 0 Å². The van der Waals surface area contributed by atoms with E-state index in [1.807, 2.05) is 13.0 Å². The molecule has 0 saturated heterocycles. The number of thiocarbonyl (C=S) groups is 1. The van der Waals surface area contributed by atoms with Crippen LogP contribution in [0, 0.1) is 0 Å². The third-order valence-corrected chi connectivity index (χ3v) is 3.77. The number of benzene rings is 2. The van der Waals surface area contributed by atoms with Crippen LogP contribution in [0.5, 0.6) is 5.75 Å².